The Morgan fingerprint density at radius 3 is 2.52 bits per heavy atom. The summed E-state index contributed by atoms with van der Waals surface area (Å²) >= 11 is 0. The van der Waals surface area contributed by atoms with Gasteiger partial charge in [-0.1, -0.05) is 6.92 Å². The number of methoxy groups -OCH3 is 1. The Balaban J connectivity index is 2.66. The maximum Gasteiger partial charge on any atom is 0.312 e. The molecule has 3 unspecified atom stereocenters. The van der Waals surface area contributed by atoms with Crippen LogP contribution in [0.4, 0.5) is 0 Å². The van der Waals surface area contributed by atoms with Crippen molar-refractivity contribution in [1.82, 2.24) is 4.90 Å². The molecular weight excluding hydrogens is 272 g/mol. The van der Waals surface area contributed by atoms with E-state index in [1.807, 2.05) is 25.7 Å². The Labute approximate surface area is 126 Å². The van der Waals surface area contributed by atoms with Crippen LogP contribution in [0.15, 0.2) is 0 Å². The van der Waals surface area contributed by atoms with Crippen LogP contribution in [0.25, 0.3) is 0 Å². The summed E-state index contributed by atoms with van der Waals surface area (Å²) in [6, 6.07) is 0. The molecule has 0 amide bonds. The van der Waals surface area contributed by atoms with Gasteiger partial charge in [-0.2, -0.15) is 0 Å². The Bertz CT molecular complexity index is 378. The number of carbonyl (C=O) groups is 2. The van der Waals surface area contributed by atoms with Crippen molar-refractivity contribution in [3.8, 4) is 0 Å². The molecule has 1 rings (SSSR count). The van der Waals surface area contributed by atoms with Crippen molar-refractivity contribution >= 4 is 11.9 Å². The highest BCUT2D eigenvalue weighted by atomic mass is 16.6. The van der Waals surface area contributed by atoms with Crippen LogP contribution in [0.5, 0.6) is 0 Å². The van der Waals surface area contributed by atoms with Gasteiger partial charge >= 0.3 is 11.9 Å². The first-order valence-electron chi connectivity index (χ1n) is 7.46. The first-order chi connectivity index (χ1) is 9.65. The van der Waals surface area contributed by atoms with E-state index in [-0.39, 0.29) is 23.8 Å². The molecule has 0 aliphatic carbocycles. The number of nitrogens with zero attached hydrogens (tertiary/aromatic N) is 1. The molecule has 3 atom stereocenters. The molecule has 6 nitrogen and oxygen atoms in total. The van der Waals surface area contributed by atoms with Gasteiger partial charge in [0.2, 0.25) is 0 Å². The lowest BCUT2D eigenvalue weighted by atomic mass is 9.93. The summed E-state index contributed by atoms with van der Waals surface area (Å²) in [6.45, 7) is 8.60. The molecule has 1 saturated heterocycles. The predicted molar refractivity (Wildman–Crippen MR) is 79.3 cm³/mol. The second-order valence-electron chi connectivity index (χ2n) is 6.69. The van der Waals surface area contributed by atoms with E-state index < -0.39 is 11.8 Å². The maximum absolute atomic E-state index is 12.2. The molecular formula is C15H28N2O4. The minimum absolute atomic E-state index is 0.259. The molecule has 6 heteroatoms. The summed E-state index contributed by atoms with van der Waals surface area (Å²) in [5, 5.41) is 0. The SMILES string of the molecule is COC(=O)C(C)CN1CCCC(C(=O)OC(C)(C)C)C1N. The summed E-state index contributed by atoms with van der Waals surface area (Å²) in [6.07, 6.45) is 1.17. The van der Waals surface area contributed by atoms with Crippen LogP contribution in [0.1, 0.15) is 40.5 Å². The molecule has 21 heavy (non-hydrogen) atoms. The van der Waals surface area contributed by atoms with Crippen molar-refractivity contribution < 1.29 is 19.1 Å². The number of carbonyl (C=O) groups excluding carboxylic acids is 2. The van der Waals surface area contributed by atoms with Crippen LogP contribution in [0, 0.1) is 11.8 Å². The van der Waals surface area contributed by atoms with Gasteiger partial charge in [0.15, 0.2) is 0 Å². The van der Waals surface area contributed by atoms with E-state index in [9.17, 15) is 9.59 Å². The van der Waals surface area contributed by atoms with Crippen LogP contribution >= 0.6 is 0 Å². The van der Waals surface area contributed by atoms with Crippen molar-refractivity contribution in [3.05, 3.63) is 0 Å². The molecule has 2 N–H and O–H groups in total. The summed E-state index contributed by atoms with van der Waals surface area (Å²) in [7, 11) is 1.37. The number of likely N-dealkylation sites (tertiary alicyclic amines) is 1. The lowest BCUT2D eigenvalue weighted by Gasteiger charge is -2.39. The third-order valence-electron chi connectivity index (χ3n) is 3.62. The molecule has 1 heterocycles. The normalized spacial score (nSPS) is 25.2. The van der Waals surface area contributed by atoms with Crippen LogP contribution < -0.4 is 5.73 Å². The van der Waals surface area contributed by atoms with E-state index >= 15 is 0 Å². The van der Waals surface area contributed by atoms with Gasteiger partial charge in [-0.3, -0.25) is 14.5 Å². The molecule has 0 radical (unpaired) electrons. The minimum atomic E-state index is -0.515. The number of esters is 2. The van der Waals surface area contributed by atoms with E-state index in [1.54, 1.807) is 6.92 Å². The quantitative estimate of drug-likeness (QED) is 0.784. The van der Waals surface area contributed by atoms with Gasteiger partial charge in [0.1, 0.15) is 5.60 Å². The minimum Gasteiger partial charge on any atom is -0.469 e. The third kappa shape index (κ3) is 5.28. The Kier molecular flexibility index (Phi) is 6.16. The summed E-state index contributed by atoms with van der Waals surface area (Å²) in [5.74, 6) is -1.13. The molecule has 0 aromatic carbocycles. The molecule has 0 saturated carbocycles. The number of ether oxygens (including phenoxy) is 2. The van der Waals surface area contributed by atoms with E-state index in [2.05, 4.69) is 0 Å². The van der Waals surface area contributed by atoms with Crippen LogP contribution in [0.2, 0.25) is 0 Å². The Morgan fingerprint density at radius 1 is 1.38 bits per heavy atom. The summed E-state index contributed by atoms with van der Waals surface area (Å²) in [5.41, 5.74) is 5.69. The van der Waals surface area contributed by atoms with Gasteiger partial charge in [0.05, 0.1) is 25.1 Å². The zero-order valence-electron chi connectivity index (χ0n) is 13.7. The van der Waals surface area contributed by atoms with Gasteiger partial charge in [-0.15, -0.1) is 0 Å². The second-order valence-corrected chi connectivity index (χ2v) is 6.69. The highest BCUT2D eigenvalue weighted by Gasteiger charge is 2.37. The predicted octanol–water partition coefficient (Wildman–Crippen LogP) is 1.13. The van der Waals surface area contributed by atoms with E-state index in [1.165, 1.54) is 7.11 Å². The topological polar surface area (TPSA) is 81.9 Å². The lowest BCUT2D eigenvalue weighted by Crippen LogP contribution is -2.55. The smallest absolute Gasteiger partial charge is 0.312 e. The van der Waals surface area contributed by atoms with Crippen molar-refractivity contribution in [3.63, 3.8) is 0 Å². The average Bonchev–Trinajstić information content (AvgIpc) is 2.37. The molecule has 0 aromatic rings. The van der Waals surface area contributed by atoms with E-state index in [0.717, 1.165) is 19.4 Å². The monoisotopic (exact) mass is 300 g/mol. The standard InChI is InChI=1S/C15H28N2O4/c1-10(13(18)20-5)9-17-8-6-7-11(12(17)16)14(19)21-15(2,3)4/h10-12H,6-9,16H2,1-5H3. The van der Waals surface area contributed by atoms with Gasteiger partial charge < -0.3 is 15.2 Å². The number of piperidine rings is 1. The van der Waals surface area contributed by atoms with Gasteiger partial charge in [0.25, 0.3) is 0 Å². The van der Waals surface area contributed by atoms with Crippen molar-refractivity contribution in [2.45, 2.75) is 52.3 Å². The van der Waals surface area contributed by atoms with Crippen molar-refractivity contribution in [1.29, 1.82) is 0 Å². The fourth-order valence-corrected chi connectivity index (χ4v) is 2.56. The van der Waals surface area contributed by atoms with Crippen LogP contribution in [0.3, 0.4) is 0 Å². The van der Waals surface area contributed by atoms with Crippen molar-refractivity contribution in [2.24, 2.45) is 17.6 Å². The molecule has 0 spiro atoms. The van der Waals surface area contributed by atoms with Gasteiger partial charge in [-0.25, -0.2) is 0 Å². The second kappa shape index (κ2) is 7.22. The Morgan fingerprint density at radius 2 is 2.00 bits per heavy atom. The first kappa shape index (κ1) is 17.9. The average molecular weight is 300 g/mol. The molecule has 0 aromatic heterocycles. The van der Waals surface area contributed by atoms with E-state index in [4.69, 9.17) is 15.2 Å². The third-order valence-corrected chi connectivity index (χ3v) is 3.62. The van der Waals surface area contributed by atoms with Gasteiger partial charge in [-0.05, 0) is 40.2 Å². The van der Waals surface area contributed by atoms with Gasteiger partial charge in [0, 0.05) is 6.54 Å². The summed E-state index contributed by atoms with van der Waals surface area (Å²) < 4.78 is 10.2. The Hall–Kier alpha value is -1.14. The number of hydrogen-bond donors (Lipinski definition) is 1. The van der Waals surface area contributed by atoms with Crippen LogP contribution in [-0.4, -0.2) is 48.8 Å². The zero-order valence-corrected chi connectivity index (χ0v) is 13.7. The molecule has 1 aliphatic rings. The highest BCUT2D eigenvalue weighted by Crippen LogP contribution is 2.24. The number of hydrogen-bond acceptors (Lipinski definition) is 6. The molecule has 0 bridgehead atoms. The molecule has 1 aliphatic heterocycles. The number of rotatable bonds is 4. The van der Waals surface area contributed by atoms with Crippen molar-refractivity contribution in [2.75, 3.05) is 20.2 Å². The van der Waals surface area contributed by atoms with E-state index in [0.29, 0.717) is 6.54 Å². The summed E-state index contributed by atoms with van der Waals surface area (Å²) in [4.78, 5) is 25.7. The molecule has 122 valence electrons. The zero-order chi connectivity index (χ0) is 16.2. The largest absolute Gasteiger partial charge is 0.469 e. The lowest BCUT2D eigenvalue weighted by molar-refractivity contribution is -0.164. The fraction of sp³-hybridized carbons (Fsp3) is 0.867. The first-order valence-corrected chi connectivity index (χ1v) is 7.46. The highest BCUT2D eigenvalue weighted by molar-refractivity contribution is 5.74. The van der Waals surface area contributed by atoms with Crippen LogP contribution in [-0.2, 0) is 19.1 Å². The maximum atomic E-state index is 12.2. The fourth-order valence-electron chi connectivity index (χ4n) is 2.56. The molecule has 1 fully saturated rings. The number of nitrogens with two attached hydrogens (primary N) is 1.